The first-order chi connectivity index (χ1) is 9.50. The normalized spacial score (nSPS) is 20.7. The summed E-state index contributed by atoms with van der Waals surface area (Å²) in [4.78, 5) is 12.2. The molecule has 4 heteroatoms. The maximum Gasteiger partial charge on any atom is 0.407 e. The minimum Gasteiger partial charge on any atom is -0.444 e. The van der Waals surface area contributed by atoms with Gasteiger partial charge in [0.2, 0.25) is 0 Å². The number of carbonyl (C=O) groups excluding carboxylic acids is 1. The molecule has 2 N–H and O–H groups in total. The molecule has 1 rings (SSSR count). The number of hydrogen-bond acceptors (Lipinski definition) is 3. The van der Waals surface area contributed by atoms with E-state index in [1.165, 1.54) is 12.8 Å². The fourth-order valence-electron chi connectivity index (χ4n) is 3.21. The fraction of sp³-hybridized carbons (Fsp3) is 0.941. The highest BCUT2D eigenvalue weighted by Crippen LogP contribution is 2.33. The number of rotatable bonds is 3. The van der Waals surface area contributed by atoms with Crippen molar-refractivity contribution in [2.45, 2.75) is 73.0 Å². The van der Waals surface area contributed by atoms with Gasteiger partial charge in [0.25, 0.3) is 0 Å². The number of nitrogens with one attached hydrogen (secondary N) is 2. The van der Waals surface area contributed by atoms with Gasteiger partial charge < -0.3 is 15.4 Å². The van der Waals surface area contributed by atoms with Crippen LogP contribution >= 0.6 is 0 Å². The van der Waals surface area contributed by atoms with Crippen LogP contribution in [0.3, 0.4) is 0 Å². The Morgan fingerprint density at radius 3 is 2.10 bits per heavy atom. The SMILES string of the molecule is CC(C1CCNCC1)C(NC(=O)OC(C)(C)C)C(C)(C)C. The van der Waals surface area contributed by atoms with Crippen molar-refractivity contribution in [3.05, 3.63) is 0 Å². The highest BCUT2D eigenvalue weighted by molar-refractivity contribution is 5.68. The summed E-state index contributed by atoms with van der Waals surface area (Å²) in [5.74, 6) is 1.10. The van der Waals surface area contributed by atoms with Crippen molar-refractivity contribution < 1.29 is 9.53 Å². The van der Waals surface area contributed by atoms with Gasteiger partial charge in [-0.2, -0.15) is 0 Å². The number of alkyl carbamates (subject to hydrolysis) is 1. The highest BCUT2D eigenvalue weighted by Gasteiger charge is 2.36. The van der Waals surface area contributed by atoms with Crippen LogP contribution in [0.4, 0.5) is 4.79 Å². The van der Waals surface area contributed by atoms with Gasteiger partial charge in [-0.15, -0.1) is 0 Å². The Bertz CT molecular complexity index is 336. The van der Waals surface area contributed by atoms with Crippen LogP contribution in [0.15, 0.2) is 0 Å². The lowest BCUT2D eigenvalue weighted by atomic mass is 9.72. The third-order valence-electron chi connectivity index (χ3n) is 4.26. The quantitative estimate of drug-likeness (QED) is 0.837. The standard InChI is InChI=1S/C17H34N2O2/c1-12(13-8-10-18-11-9-13)14(16(2,3)4)19-15(20)21-17(5,6)7/h12-14,18H,8-11H2,1-7H3,(H,19,20). The average molecular weight is 298 g/mol. The summed E-state index contributed by atoms with van der Waals surface area (Å²) in [5, 5.41) is 6.54. The molecule has 21 heavy (non-hydrogen) atoms. The molecule has 1 amide bonds. The molecule has 1 saturated heterocycles. The first kappa shape index (κ1) is 18.3. The van der Waals surface area contributed by atoms with Gasteiger partial charge in [-0.1, -0.05) is 27.7 Å². The molecule has 0 aliphatic carbocycles. The molecule has 1 fully saturated rings. The number of amides is 1. The lowest BCUT2D eigenvalue weighted by Gasteiger charge is -2.41. The van der Waals surface area contributed by atoms with Crippen LogP contribution < -0.4 is 10.6 Å². The van der Waals surface area contributed by atoms with Crippen molar-refractivity contribution in [2.75, 3.05) is 13.1 Å². The van der Waals surface area contributed by atoms with Crippen molar-refractivity contribution >= 4 is 6.09 Å². The molecule has 1 aliphatic heterocycles. The van der Waals surface area contributed by atoms with E-state index in [0.717, 1.165) is 13.1 Å². The molecule has 0 aromatic rings. The summed E-state index contributed by atoms with van der Waals surface area (Å²) in [5.41, 5.74) is -0.439. The van der Waals surface area contributed by atoms with E-state index in [0.29, 0.717) is 11.8 Å². The van der Waals surface area contributed by atoms with E-state index in [1.807, 2.05) is 20.8 Å². The second kappa shape index (κ2) is 6.99. The molecule has 0 radical (unpaired) electrons. The molecule has 0 aromatic carbocycles. The molecule has 124 valence electrons. The van der Waals surface area contributed by atoms with E-state index >= 15 is 0 Å². The second-order valence-electron chi connectivity index (χ2n) is 8.44. The lowest BCUT2D eigenvalue weighted by Crippen LogP contribution is -2.52. The predicted octanol–water partition coefficient (Wildman–Crippen LogP) is 3.56. The average Bonchev–Trinajstić information content (AvgIpc) is 2.33. The van der Waals surface area contributed by atoms with Gasteiger partial charge in [0, 0.05) is 6.04 Å². The third kappa shape index (κ3) is 6.25. The Labute approximate surface area is 130 Å². The lowest BCUT2D eigenvalue weighted by molar-refractivity contribution is 0.0390. The highest BCUT2D eigenvalue weighted by atomic mass is 16.6. The van der Waals surface area contributed by atoms with Crippen LogP contribution in [0.2, 0.25) is 0 Å². The molecule has 2 atom stereocenters. The zero-order chi connectivity index (χ0) is 16.3. The van der Waals surface area contributed by atoms with E-state index in [4.69, 9.17) is 4.74 Å². The molecule has 0 aromatic heterocycles. The molecule has 4 nitrogen and oxygen atoms in total. The predicted molar refractivity (Wildman–Crippen MR) is 87.4 cm³/mol. The summed E-state index contributed by atoms with van der Waals surface area (Å²) < 4.78 is 5.44. The maximum atomic E-state index is 12.2. The van der Waals surface area contributed by atoms with Crippen LogP contribution in [-0.2, 0) is 4.74 Å². The second-order valence-corrected chi connectivity index (χ2v) is 8.44. The van der Waals surface area contributed by atoms with Gasteiger partial charge in [-0.25, -0.2) is 4.79 Å². The molecule has 1 heterocycles. The molecular weight excluding hydrogens is 264 g/mol. The molecule has 0 spiro atoms. The minimum absolute atomic E-state index is 0.0151. The van der Waals surface area contributed by atoms with Crippen LogP contribution in [0.1, 0.15) is 61.3 Å². The van der Waals surface area contributed by atoms with E-state index in [-0.39, 0.29) is 17.6 Å². The van der Waals surface area contributed by atoms with Crippen LogP contribution in [-0.4, -0.2) is 30.8 Å². The number of piperidine rings is 1. The maximum absolute atomic E-state index is 12.2. The number of hydrogen-bond donors (Lipinski definition) is 2. The Morgan fingerprint density at radius 2 is 1.67 bits per heavy atom. The Kier molecular flexibility index (Phi) is 6.09. The summed E-state index contributed by atoms with van der Waals surface area (Å²) in [6.07, 6.45) is 2.07. The van der Waals surface area contributed by atoms with Gasteiger partial charge in [0.1, 0.15) is 5.60 Å². The largest absolute Gasteiger partial charge is 0.444 e. The van der Waals surface area contributed by atoms with Crippen LogP contribution in [0, 0.1) is 17.3 Å². The molecular formula is C17H34N2O2. The van der Waals surface area contributed by atoms with Crippen LogP contribution in [0.25, 0.3) is 0 Å². The van der Waals surface area contributed by atoms with Crippen molar-refractivity contribution in [3.63, 3.8) is 0 Å². The van der Waals surface area contributed by atoms with Crippen molar-refractivity contribution in [2.24, 2.45) is 17.3 Å². The molecule has 1 aliphatic rings. The molecule has 2 unspecified atom stereocenters. The van der Waals surface area contributed by atoms with E-state index in [9.17, 15) is 4.79 Å². The van der Waals surface area contributed by atoms with Gasteiger partial charge >= 0.3 is 6.09 Å². The first-order valence-electron chi connectivity index (χ1n) is 8.21. The zero-order valence-electron chi connectivity index (χ0n) is 14.9. The summed E-state index contributed by atoms with van der Waals surface area (Å²) in [7, 11) is 0. The first-order valence-corrected chi connectivity index (χ1v) is 8.21. The zero-order valence-corrected chi connectivity index (χ0v) is 14.9. The van der Waals surface area contributed by atoms with E-state index in [2.05, 4.69) is 38.3 Å². The topological polar surface area (TPSA) is 50.4 Å². The van der Waals surface area contributed by atoms with Gasteiger partial charge in [0.05, 0.1) is 0 Å². The van der Waals surface area contributed by atoms with E-state index in [1.54, 1.807) is 0 Å². The third-order valence-corrected chi connectivity index (χ3v) is 4.26. The summed E-state index contributed by atoms with van der Waals surface area (Å²) >= 11 is 0. The van der Waals surface area contributed by atoms with Crippen molar-refractivity contribution in [3.8, 4) is 0 Å². The van der Waals surface area contributed by atoms with Gasteiger partial charge in [-0.05, 0) is 64.0 Å². The van der Waals surface area contributed by atoms with Crippen molar-refractivity contribution in [1.29, 1.82) is 0 Å². The Hall–Kier alpha value is -0.770. The van der Waals surface area contributed by atoms with Crippen molar-refractivity contribution in [1.82, 2.24) is 10.6 Å². The minimum atomic E-state index is -0.454. The van der Waals surface area contributed by atoms with Gasteiger partial charge in [-0.3, -0.25) is 0 Å². The number of ether oxygens (including phenoxy) is 1. The smallest absolute Gasteiger partial charge is 0.407 e. The Balaban J connectivity index is 2.73. The summed E-state index contributed by atoms with van der Waals surface area (Å²) in [6, 6.07) is 0.121. The van der Waals surface area contributed by atoms with Gasteiger partial charge in [0.15, 0.2) is 0 Å². The Morgan fingerprint density at radius 1 is 1.14 bits per heavy atom. The monoisotopic (exact) mass is 298 g/mol. The van der Waals surface area contributed by atoms with Crippen LogP contribution in [0.5, 0.6) is 0 Å². The molecule has 0 bridgehead atoms. The fourth-order valence-corrected chi connectivity index (χ4v) is 3.21. The summed E-state index contributed by atoms with van der Waals surface area (Å²) in [6.45, 7) is 16.7. The number of carbonyl (C=O) groups is 1. The van der Waals surface area contributed by atoms with E-state index < -0.39 is 5.60 Å². The molecule has 0 saturated carbocycles.